The number of carbonyl (C=O) groups excluding carboxylic acids is 1. The Balaban J connectivity index is 2.23. The van der Waals surface area contributed by atoms with Crippen LogP contribution in [0.3, 0.4) is 0 Å². The van der Waals surface area contributed by atoms with Crippen molar-refractivity contribution in [1.29, 1.82) is 0 Å². The summed E-state index contributed by atoms with van der Waals surface area (Å²) in [6, 6.07) is 17.5. The Kier molecular flexibility index (Phi) is 4.35. The molecule has 0 bridgehead atoms. The maximum atomic E-state index is 12.0. The van der Waals surface area contributed by atoms with Crippen molar-refractivity contribution in [1.82, 2.24) is 0 Å². The second-order valence-corrected chi connectivity index (χ2v) is 4.57. The van der Waals surface area contributed by atoms with Crippen molar-refractivity contribution in [3.63, 3.8) is 0 Å². The maximum Gasteiger partial charge on any atom is 0.338 e. The van der Waals surface area contributed by atoms with Gasteiger partial charge in [-0.25, -0.2) is 4.79 Å². The third-order valence-electron chi connectivity index (χ3n) is 3.09. The number of ether oxygens (including phenoxy) is 1. The van der Waals surface area contributed by atoms with E-state index in [2.05, 4.69) is 0 Å². The Bertz CT molecular complexity index is 546. The van der Waals surface area contributed by atoms with Gasteiger partial charge in [0.15, 0.2) is 0 Å². The van der Waals surface area contributed by atoms with Crippen LogP contribution in [0.25, 0.3) is 11.1 Å². The topological polar surface area (TPSA) is 26.3 Å². The monoisotopic (exact) mass is 254 g/mol. The highest BCUT2D eigenvalue weighted by atomic mass is 16.5. The Morgan fingerprint density at radius 1 is 1.05 bits per heavy atom. The molecule has 0 heterocycles. The summed E-state index contributed by atoms with van der Waals surface area (Å²) in [7, 11) is 0. The highest BCUT2D eigenvalue weighted by molar-refractivity contribution is 5.91. The zero-order valence-corrected chi connectivity index (χ0v) is 11.3. The lowest BCUT2D eigenvalue weighted by molar-refractivity contribution is 0.0334. The number of carbonyl (C=O) groups is 1. The van der Waals surface area contributed by atoms with Gasteiger partial charge in [0.25, 0.3) is 0 Å². The molecule has 2 aromatic carbocycles. The third-order valence-corrected chi connectivity index (χ3v) is 3.09. The highest BCUT2D eigenvalue weighted by Gasteiger charge is 2.11. The average molecular weight is 254 g/mol. The van der Waals surface area contributed by atoms with Crippen LogP contribution in [0.15, 0.2) is 54.6 Å². The minimum absolute atomic E-state index is 0.0483. The van der Waals surface area contributed by atoms with Crippen molar-refractivity contribution in [3.8, 4) is 11.1 Å². The normalized spacial score (nSPS) is 11.9. The molecule has 2 aromatic rings. The molecule has 0 amide bonds. The van der Waals surface area contributed by atoms with E-state index in [9.17, 15) is 4.79 Å². The molecule has 0 aromatic heterocycles. The van der Waals surface area contributed by atoms with E-state index >= 15 is 0 Å². The number of benzene rings is 2. The van der Waals surface area contributed by atoms with Crippen molar-refractivity contribution in [2.75, 3.05) is 0 Å². The molecule has 0 N–H and O–H groups in total. The molecule has 0 spiro atoms. The van der Waals surface area contributed by atoms with Crippen molar-refractivity contribution in [3.05, 3.63) is 60.2 Å². The SMILES string of the molecule is CCC(C)OC(=O)c1cccc(-c2ccccc2)c1. The van der Waals surface area contributed by atoms with Crippen molar-refractivity contribution < 1.29 is 9.53 Å². The number of hydrogen-bond acceptors (Lipinski definition) is 2. The fraction of sp³-hybridized carbons (Fsp3) is 0.235. The summed E-state index contributed by atoms with van der Waals surface area (Å²) in [5.74, 6) is -0.257. The summed E-state index contributed by atoms with van der Waals surface area (Å²) in [5, 5.41) is 0. The predicted molar refractivity (Wildman–Crippen MR) is 77.0 cm³/mol. The zero-order valence-electron chi connectivity index (χ0n) is 11.3. The van der Waals surface area contributed by atoms with E-state index in [4.69, 9.17) is 4.74 Å². The first-order chi connectivity index (χ1) is 9.20. The quantitative estimate of drug-likeness (QED) is 0.760. The number of rotatable bonds is 4. The predicted octanol–water partition coefficient (Wildman–Crippen LogP) is 4.31. The van der Waals surface area contributed by atoms with Crippen LogP contribution in [-0.4, -0.2) is 12.1 Å². The van der Waals surface area contributed by atoms with Gasteiger partial charge in [0, 0.05) is 0 Å². The van der Waals surface area contributed by atoms with Crippen molar-refractivity contribution >= 4 is 5.97 Å². The molecule has 1 atom stereocenters. The van der Waals surface area contributed by atoms with E-state index in [0.29, 0.717) is 5.56 Å². The standard InChI is InChI=1S/C17H18O2/c1-3-13(2)19-17(18)16-11-7-10-15(12-16)14-8-5-4-6-9-14/h4-13H,3H2,1-2H3. The third kappa shape index (κ3) is 3.44. The van der Waals surface area contributed by atoms with Gasteiger partial charge < -0.3 is 4.74 Å². The smallest absolute Gasteiger partial charge is 0.338 e. The lowest BCUT2D eigenvalue weighted by atomic mass is 10.0. The summed E-state index contributed by atoms with van der Waals surface area (Å²) >= 11 is 0. The van der Waals surface area contributed by atoms with Gasteiger partial charge in [-0.3, -0.25) is 0 Å². The van der Waals surface area contributed by atoms with Gasteiger partial charge in [0.2, 0.25) is 0 Å². The lowest BCUT2D eigenvalue weighted by Crippen LogP contribution is -2.13. The van der Waals surface area contributed by atoms with E-state index in [1.54, 1.807) is 6.07 Å². The second kappa shape index (κ2) is 6.19. The first-order valence-electron chi connectivity index (χ1n) is 6.57. The van der Waals surface area contributed by atoms with Crippen LogP contribution in [0.4, 0.5) is 0 Å². The molecule has 0 aliphatic carbocycles. The number of esters is 1. The summed E-state index contributed by atoms with van der Waals surface area (Å²) in [6.45, 7) is 3.90. The lowest BCUT2D eigenvalue weighted by Gasteiger charge is -2.11. The molecule has 19 heavy (non-hydrogen) atoms. The summed E-state index contributed by atoms with van der Waals surface area (Å²) in [5.41, 5.74) is 2.72. The maximum absolute atomic E-state index is 12.0. The van der Waals surface area contributed by atoms with Crippen LogP contribution in [0, 0.1) is 0 Å². The fourth-order valence-electron chi connectivity index (χ4n) is 1.79. The molecule has 0 fully saturated rings. The van der Waals surface area contributed by atoms with Gasteiger partial charge in [-0.1, -0.05) is 49.4 Å². The van der Waals surface area contributed by atoms with E-state index in [1.165, 1.54) is 0 Å². The molecule has 2 heteroatoms. The highest BCUT2D eigenvalue weighted by Crippen LogP contribution is 2.20. The molecule has 2 nitrogen and oxygen atoms in total. The van der Waals surface area contributed by atoms with E-state index < -0.39 is 0 Å². The summed E-state index contributed by atoms with van der Waals surface area (Å²) in [4.78, 5) is 12.0. The average Bonchev–Trinajstić information content (AvgIpc) is 2.48. The Morgan fingerprint density at radius 2 is 1.74 bits per heavy atom. The van der Waals surface area contributed by atoms with Gasteiger partial charge in [0.05, 0.1) is 11.7 Å². The van der Waals surface area contributed by atoms with E-state index in [0.717, 1.165) is 17.5 Å². The van der Waals surface area contributed by atoms with Crippen LogP contribution in [-0.2, 0) is 4.74 Å². The molecule has 0 radical (unpaired) electrons. The molecular formula is C17H18O2. The van der Waals surface area contributed by atoms with Crippen LogP contribution in [0.1, 0.15) is 30.6 Å². The second-order valence-electron chi connectivity index (χ2n) is 4.57. The first kappa shape index (κ1) is 13.3. The molecule has 0 aliphatic rings. The first-order valence-corrected chi connectivity index (χ1v) is 6.57. The van der Waals surface area contributed by atoms with Gasteiger partial charge in [-0.05, 0) is 36.6 Å². The van der Waals surface area contributed by atoms with Crippen LogP contribution in [0.5, 0.6) is 0 Å². The van der Waals surface area contributed by atoms with Gasteiger partial charge >= 0.3 is 5.97 Å². The van der Waals surface area contributed by atoms with Crippen LogP contribution in [0.2, 0.25) is 0 Å². The van der Waals surface area contributed by atoms with Crippen molar-refractivity contribution in [2.24, 2.45) is 0 Å². The van der Waals surface area contributed by atoms with E-state index in [1.807, 2.05) is 62.4 Å². The van der Waals surface area contributed by atoms with Gasteiger partial charge in [-0.15, -0.1) is 0 Å². The summed E-state index contributed by atoms with van der Waals surface area (Å²) in [6.07, 6.45) is 0.775. The Morgan fingerprint density at radius 3 is 2.42 bits per heavy atom. The zero-order chi connectivity index (χ0) is 13.7. The minimum Gasteiger partial charge on any atom is -0.459 e. The van der Waals surface area contributed by atoms with Gasteiger partial charge in [0.1, 0.15) is 0 Å². The Hall–Kier alpha value is -2.09. The number of hydrogen-bond donors (Lipinski definition) is 0. The molecular weight excluding hydrogens is 236 g/mol. The molecule has 98 valence electrons. The van der Waals surface area contributed by atoms with Gasteiger partial charge in [-0.2, -0.15) is 0 Å². The Labute approximate surface area is 114 Å². The largest absolute Gasteiger partial charge is 0.459 e. The fourth-order valence-corrected chi connectivity index (χ4v) is 1.79. The molecule has 1 unspecified atom stereocenters. The van der Waals surface area contributed by atoms with Crippen molar-refractivity contribution in [2.45, 2.75) is 26.4 Å². The molecule has 0 aliphatic heterocycles. The van der Waals surface area contributed by atoms with E-state index in [-0.39, 0.29) is 12.1 Å². The minimum atomic E-state index is -0.257. The molecule has 2 rings (SSSR count). The van der Waals surface area contributed by atoms with Crippen LogP contribution >= 0.6 is 0 Å². The molecule has 0 saturated heterocycles. The van der Waals surface area contributed by atoms with Crippen LogP contribution < -0.4 is 0 Å². The molecule has 0 saturated carbocycles. The summed E-state index contributed by atoms with van der Waals surface area (Å²) < 4.78 is 5.34.